The molecule has 13 heavy (non-hydrogen) atoms. The van der Waals surface area contributed by atoms with E-state index in [1.165, 1.54) is 6.07 Å². The van der Waals surface area contributed by atoms with Crippen LogP contribution in [-0.2, 0) is 0 Å². The summed E-state index contributed by atoms with van der Waals surface area (Å²) in [6, 6.07) is 11.2. The number of rotatable bonds is 1. The van der Waals surface area contributed by atoms with Crippen molar-refractivity contribution < 1.29 is 9.13 Å². The summed E-state index contributed by atoms with van der Waals surface area (Å²) in [7, 11) is 1.54. The van der Waals surface area contributed by atoms with Gasteiger partial charge < -0.3 is 4.74 Å². The number of benzene rings is 2. The van der Waals surface area contributed by atoms with Crippen LogP contribution in [0.1, 0.15) is 0 Å². The van der Waals surface area contributed by atoms with Gasteiger partial charge in [-0.1, -0.05) is 12.1 Å². The lowest BCUT2D eigenvalue weighted by molar-refractivity contribution is 0.414. The highest BCUT2D eigenvalue weighted by Gasteiger charge is 2.00. The first-order chi connectivity index (χ1) is 6.31. The van der Waals surface area contributed by atoms with Crippen molar-refractivity contribution in [2.75, 3.05) is 7.11 Å². The number of ether oxygens (including phenoxy) is 1. The molecule has 2 aromatic carbocycles. The second-order valence-electron chi connectivity index (χ2n) is 2.74. The van der Waals surface area contributed by atoms with Crippen LogP contribution in [0.4, 0.5) is 4.39 Å². The van der Waals surface area contributed by atoms with Gasteiger partial charge in [-0.2, -0.15) is 0 Å². The van der Waals surface area contributed by atoms with E-state index in [1.54, 1.807) is 25.3 Å². The van der Waals surface area contributed by atoms with Crippen LogP contribution in [0.2, 0.25) is 0 Å². The third kappa shape index (κ3) is 1.35. The van der Waals surface area contributed by atoms with Crippen LogP contribution in [0, 0.1) is 11.9 Å². The highest BCUT2D eigenvalue weighted by atomic mass is 19.1. The summed E-state index contributed by atoms with van der Waals surface area (Å²) in [5.41, 5.74) is 0. The van der Waals surface area contributed by atoms with Crippen LogP contribution in [-0.4, -0.2) is 7.11 Å². The zero-order valence-electron chi connectivity index (χ0n) is 7.17. The molecular formula is C11H8FO. The van der Waals surface area contributed by atoms with Crippen molar-refractivity contribution in [3.05, 3.63) is 42.2 Å². The molecular weight excluding hydrogens is 167 g/mol. The molecule has 0 bridgehead atoms. The van der Waals surface area contributed by atoms with Crippen molar-refractivity contribution in [3.8, 4) is 5.75 Å². The Morgan fingerprint density at radius 3 is 3.00 bits per heavy atom. The van der Waals surface area contributed by atoms with E-state index in [1.807, 2.05) is 6.07 Å². The predicted molar refractivity (Wildman–Crippen MR) is 49.3 cm³/mol. The van der Waals surface area contributed by atoms with Crippen LogP contribution in [0.15, 0.2) is 30.3 Å². The minimum atomic E-state index is -0.232. The Kier molecular flexibility index (Phi) is 1.89. The molecule has 0 saturated heterocycles. The Morgan fingerprint density at radius 1 is 1.38 bits per heavy atom. The summed E-state index contributed by atoms with van der Waals surface area (Å²) >= 11 is 0. The van der Waals surface area contributed by atoms with Crippen molar-refractivity contribution in [1.82, 2.24) is 0 Å². The molecule has 0 aliphatic carbocycles. The summed E-state index contributed by atoms with van der Waals surface area (Å²) < 4.78 is 18.2. The average Bonchev–Trinajstić information content (AvgIpc) is 2.18. The summed E-state index contributed by atoms with van der Waals surface area (Å²) in [4.78, 5) is 0. The van der Waals surface area contributed by atoms with Gasteiger partial charge in [-0.05, 0) is 23.6 Å². The Bertz CT molecular complexity index is 437. The second-order valence-corrected chi connectivity index (χ2v) is 2.74. The van der Waals surface area contributed by atoms with Gasteiger partial charge in [0.15, 0.2) is 0 Å². The second kappa shape index (κ2) is 3.05. The fourth-order valence-electron chi connectivity index (χ4n) is 1.27. The van der Waals surface area contributed by atoms with E-state index in [0.717, 1.165) is 5.39 Å². The van der Waals surface area contributed by atoms with E-state index in [9.17, 15) is 4.39 Å². The molecule has 2 rings (SSSR count). The monoisotopic (exact) mass is 175 g/mol. The van der Waals surface area contributed by atoms with Gasteiger partial charge in [0, 0.05) is 11.5 Å². The van der Waals surface area contributed by atoms with Gasteiger partial charge in [-0.15, -0.1) is 0 Å². The third-order valence-corrected chi connectivity index (χ3v) is 1.95. The molecule has 0 atom stereocenters. The highest BCUT2D eigenvalue weighted by molar-refractivity contribution is 5.84. The van der Waals surface area contributed by atoms with E-state index in [4.69, 9.17) is 4.74 Å². The SMILES string of the molecule is COc1[c]cc2cccc(F)c2c1. The lowest BCUT2D eigenvalue weighted by Gasteiger charge is -2.01. The standard InChI is InChI=1S/C11H8FO/c1-13-9-6-5-8-3-2-4-11(12)10(8)7-9/h2-5,7H,1H3. The van der Waals surface area contributed by atoms with Gasteiger partial charge in [0.1, 0.15) is 11.6 Å². The van der Waals surface area contributed by atoms with Crippen molar-refractivity contribution in [1.29, 1.82) is 0 Å². The summed E-state index contributed by atoms with van der Waals surface area (Å²) in [6.45, 7) is 0. The van der Waals surface area contributed by atoms with Crippen LogP contribution in [0.25, 0.3) is 10.8 Å². The molecule has 0 spiro atoms. The van der Waals surface area contributed by atoms with Gasteiger partial charge in [0.05, 0.1) is 7.11 Å². The van der Waals surface area contributed by atoms with Crippen LogP contribution < -0.4 is 4.74 Å². The largest absolute Gasteiger partial charge is 0.496 e. The zero-order chi connectivity index (χ0) is 9.26. The van der Waals surface area contributed by atoms with E-state index < -0.39 is 0 Å². The van der Waals surface area contributed by atoms with E-state index in [-0.39, 0.29) is 5.82 Å². The maximum Gasteiger partial charge on any atom is 0.131 e. The number of hydrogen-bond donors (Lipinski definition) is 0. The maximum atomic E-state index is 13.2. The fraction of sp³-hybridized carbons (Fsp3) is 0.0909. The third-order valence-electron chi connectivity index (χ3n) is 1.95. The molecule has 0 aliphatic heterocycles. The van der Waals surface area contributed by atoms with Crippen molar-refractivity contribution in [2.24, 2.45) is 0 Å². The van der Waals surface area contributed by atoms with Crippen molar-refractivity contribution in [3.63, 3.8) is 0 Å². The Labute approximate surface area is 75.8 Å². The number of fused-ring (bicyclic) bond motifs is 1. The van der Waals surface area contributed by atoms with E-state index in [2.05, 4.69) is 6.07 Å². The normalized spacial score (nSPS) is 10.3. The molecule has 2 heteroatoms. The molecule has 2 aromatic rings. The minimum absolute atomic E-state index is 0.232. The molecule has 0 fully saturated rings. The maximum absolute atomic E-state index is 13.2. The molecule has 65 valence electrons. The Hall–Kier alpha value is -1.57. The molecule has 0 saturated carbocycles. The summed E-state index contributed by atoms with van der Waals surface area (Å²) in [6.07, 6.45) is 0. The predicted octanol–water partition coefficient (Wildman–Crippen LogP) is 2.79. The van der Waals surface area contributed by atoms with Crippen molar-refractivity contribution >= 4 is 10.8 Å². The van der Waals surface area contributed by atoms with E-state index >= 15 is 0 Å². The van der Waals surface area contributed by atoms with Gasteiger partial charge >= 0.3 is 0 Å². The first kappa shape index (κ1) is 8.05. The smallest absolute Gasteiger partial charge is 0.131 e. The molecule has 0 unspecified atom stereocenters. The first-order valence-corrected chi connectivity index (χ1v) is 3.95. The molecule has 0 aromatic heterocycles. The molecule has 0 aliphatic rings. The average molecular weight is 175 g/mol. The van der Waals surface area contributed by atoms with Gasteiger partial charge in [-0.25, -0.2) is 4.39 Å². The first-order valence-electron chi connectivity index (χ1n) is 3.95. The van der Waals surface area contributed by atoms with Gasteiger partial charge in [-0.3, -0.25) is 0 Å². The fourth-order valence-corrected chi connectivity index (χ4v) is 1.27. The Morgan fingerprint density at radius 2 is 2.23 bits per heavy atom. The summed E-state index contributed by atoms with van der Waals surface area (Å²) in [5, 5.41) is 1.40. The number of hydrogen-bond acceptors (Lipinski definition) is 1. The molecule has 0 amide bonds. The number of halogens is 1. The lowest BCUT2D eigenvalue weighted by Crippen LogP contribution is -1.84. The minimum Gasteiger partial charge on any atom is -0.496 e. The van der Waals surface area contributed by atoms with Crippen LogP contribution in [0.3, 0.4) is 0 Å². The molecule has 0 N–H and O–H groups in total. The molecule has 1 radical (unpaired) electrons. The molecule has 0 heterocycles. The topological polar surface area (TPSA) is 9.23 Å². The van der Waals surface area contributed by atoms with Crippen molar-refractivity contribution in [2.45, 2.75) is 0 Å². The quantitative estimate of drug-likeness (QED) is 0.647. The number of methoxy groups -OCH3 is 1. The lowest BCUT2D eigenvalue weighted by atomic mass is 10.1. The van der Waals surface area contributed by atoms with Crippen LogP contribution >= 0.6 is 0 Å². The zero-order valence-corrected chi connectivity index (χ0v) is 7.17. The van der Waals surface area contributed by atoms with Crippen LogP contribution in [0.5, 0.6) is 5.75 Å². The highest BCUT2D eigenvalue weighted by Crippen LogP contribution is 2.22. The van der Waals surface area contributed by atoms with Gasteiger partial charge in [0.25, 0.3) is 0 Å². The summed E-state index contributed by atoms with van der Waals surface area (Å²) in [5.74, 6) is 0.322. The van der Waals surface area contributed by atoms with Gasteiger partial charge in [0.2, 0.25) is 0 Å². The Balaban J connectivity index is 2.74. The van der Waals surface area contributed by atoms with E-state index in [0.29, 0.717) is 11.1 Å². The molecule has 1 nitrogen and oxygen atoms in total.